The number of phenols is 2. The molecular formula is C21H30O2. The van der Waals surface area contributed by atoms with E-state index in [0.29, 0.717) is 5.92 Å². The van der Waals surface area contributed by atoms with Crippen molar-refractivity contribution in [2.75, 3.05) is 0 Å². The molecule has 0 radical (unpaired) electrons. The quantitative estimate of drug-likeness (QED) is 0.393. The number of hydrogen-bond donors (Lipinski definition) is 2. The molecule has 0 bridgehead atoms. The van der Waals surface area contributed by atoms with E-state index in [9.17, 15) is 10.2 Å². The Morgan fingerprint density at radius 2 is 1.91 bits per heavy atom. The lowest BCUT2D eigenvalue weighted by Crippen LogP contribution is -2.13. The predicted molar refractivity (Wildman–Crippen MR) is 97.7 cm³/mol. The van der Waals surface area contributed by atoms with E-state index >= 15 is 0 Å². The molecule has 1 aliphatic carbocycles. The van der Waals surface area contributed by atoms with Gasteiger partial charge in [0, 0.05) is 11.5 Å². The molecule has 23 heavy (non-hydrogen) atoms. The topological polar surface area (TPSA) is 40.5 Å². The minimum absolute atomic E-state index is 0.0330. The van der Waals surface area contributed by atoms with Gasteiger partial charge in [-0.15, -0.1) is 0 Å². The van der Waals surface area contributed by atoms with Gasteiger partial charge in [-0.05, 0) is 49.7 Å². The Bertz CT molecular complexity index is 598. The van der Waals surface area contributed by atoms with Gasteiger partial charge < -0.3 is 10.2 Å². The van der Waals surface area contributed by atoms with Gasteiger partial charge in [0.25, 0.3) is 0 Å². The third-order valence-corrected chi connectivity index (χ3v) is 4.94. The molecule has 2 heteroatoms. The maximum Gasteiger partial charge on any atom is 0.165 e. The third-order valence-electron chi connectivity index (χ3n) is 4.94. The van der Waals surface area contributed by atoms with Crippen LogP contribution in [-0.2, 0) is 6.42 Å². The Kier molecular flexibility index (Phi) is 5.92. The van der Waals surface area contributed by atoms with Crippen molar-refractivity contribution in [3.63, 3.8) is 0 Å². The van der Waals surface area contributed by atoms with Gasteiger partial charge in [0.1, 0.15) is 0 Å². The lowest BCUT2D eigenvalue weighted by Gasteiger charge is -2.29. The average Bonchev–Trinajstić information content (AvgIpc) is 2.51. The minimum atomic E-state index is 0.0330. The Balaban J connectivity index is 2.35. The molecule has 0 aliphatic heterocycles. The number of allylic oxidation sites excluding steroid dienone is 3. The fraction of sp³-hybridized carbons (Fsp3) is 0.524. The second-order valence-electron chi connectivity index (χ2n) is 7.00. The van der Waals surface area contributed by atoms with Crippen LogP contribution in [0.3, 0.4) is 0 Å². The van der Waals surface area contributed by atoms with Crippen molar-refractivity contribution in [3.8, 4) is 11.5 Å². The molecule has 1 aromatic carbocycles. The Labute approximate surface area is 140 Å². The van der Waals surface area contributed by atoms with Crippen molar-refractivity contribution >= 4 is 5.57 Å². The van der Waals surface area contributed by atoms with Crippen LogP contribution in [0.1, 0.15) is 64.0 Å². The predicted octanol–water partition coefficient (Wildman–Crippen LogP) is 5.84. The van der Waals surface area contributed by atoms with Crippen LogP contribution in [0.4, 0.5) is 0 Å². The molecule has 0 amide bonds. The normalized spacial score (nSPS) is 21.1. The van der Waals surface area contributed by atoms with Gasteiger partial charge >= 0.3 is 0 Å². The summed E-state index contributed by atoms with van der Waals surface area (Å²) in [7, 11) is 0. The first-order valence-electron chi connectivity index (χ1n) is 8.87. The summed E-state index contributed by atoms with van der Waals surface area (Å²) in [6.07, 6.45) is 8.57. The summed E-state index contributed by atoms with van der Waals surface area (Å²) in [4.78, 5) is 0. The Morgan fingerprint density at radius 1 is 1.17 bits per heavy atom. The van der Waals surface area contributed by atoms with E-state index < -0.39 is 0 Å². The molecule has 0 fully saturated rings. The summed E-state index contributed by atoms with van der Waals surface area (Å²) < 4.78 is 0. The summed E-state index contributed by atoms with van der Waals surface area (Å²) >= 11 is 0. The first-order chi connectivity index (χ1) is 11.0. The van der Waals surface area contributed by atoms with Crippen LogP contribution in [0.15, 0.2) is 30.4 Å². The molecule has 0 saturated heterocycles. The van der Waals surface area contributed by atoms with E-state index in [1.165, 1.54) is 0 Å². The van der Waals surface area contributed by atoms with E-state index in [2.05, 4.69) is 26.5 Å². The molecule has 1 aromatic rings. The summed E-state index contributed by atoms with van der Waals surface area (Å²) in [6, 6.07) is 3.94. The second-order valence-corrected chi connectivity index (χ2v) is 7.00. The number of phenolic OH excluding ortho intramolecular Hbond substituents is 2. The van der Waals surface area contributed by atoms with Gasteiger partial charge in [0.05, 0.1) is 0 Å². The molecular weight excluding hydrogens is 284 g/mol. The molecule has 2 unspecified atom stereocenters. The SMILES string of the molecule is C=C(C)C1CCC(C)C=C1c1ccc(CCCCC)c(O)c1O. The lowest BCUT2D eigenvalue weighted by molar-refractivity contribution is 0.396. The monoisotopic (exact) mass is 314 g/mol. The van der Waals surface area contributed by atoms with Crippen molar-refractivity contribution in [1.29, 1.82) is 0 Å². The first kappa shape index (κ1) is 17.7. The summed E-state index contributed by atoms with van der Waals surface area (Å²) in [5.41, 5.74) is 3.84. The first-order valence-corrected chi connectivity index (χ1v) is 8.87. The van der Waals surface area contributed by atoms with Crippen LogP contribution in [0.2, 0.25) is 0 Å². The smallest absolute Gasteiger partial charge is 0.165 e. The lowest BCUT2D eigenvalue weighted by atomic mass is 9.76. The van der Waals surface area contributed by atoms with E-state index in [-0.39, 0.29) is 17.4 Å². The zero-order valence-corrected chi connectivity index (χ0v) is 14.7. The molecule has 0 heterocycles. The fourth-order valence-corrected chi connectivity index (χ4v) is 3.50. The highest BCUT2D eigenvalue weighted by Gasteiger charge is 2.26. The van der Waals surface area contributed by atoms with Crippen molar-refractivity contribution in [3.05, 3.63) is 41.5 Å². The number of aromatic hydroxyl groups is 2. The zero-order valence-electron chi connectivity index (χ0n) is 14.7. The minimum Gasteiger partial charge on any atom is -0.504 e. The largest absolute Gasteiger partial charge is 0.504 e. The maximum atomic E-state index is 10.6. The highest BCUT2D eigenvalue weighted by molar-refractivity contribution is 5.77. The number of aryl methyl sites for hydroxylation is 1. The van der Waals surface area contributed by atoms with Gasteiger partial charge in [-0.1, -0.05) is 57.0 Å². The number of rotatable bonds is 6. The van der Waals surface area contributed by atoms with Crippen LogP contribution in [-0.4, -0.2) is 10.2 Å². The van der Waals surface area contributed by atoms with Crippen molar-refractivity contribution in [1.82, 2.24) is 0 Å². The second kappa shape index (κ2) is 7.72. The molecule has 0 saturated carbocycles. The standard InChI is InChI=1S/C21H30O2/c1-5-6-7-8-16-10-12-18(21(23)20(16)22)19-13-15(4)9-11-17(19)14(2)3/h10,12-13,15,17,22-23H,2,5-9,11H2,1,3-4H3. The average molecular weight is 314 g/mol. The van der Waals surface area contributed by atoms with Crippen LogP contribution in [0.25, 0.3) is 5.57 Å². The number of hydrogen-bond acceptors (Lipinski definition) is 2. The van der Waals surface area contributed by atoms with Crippen LogP contribution < -0.4 is 0 Å². The molecule has 126 valence electrons. The van der Waals surface area contributed by atoms with E-state index in [1.807, 2.05) is 19.1 Å². The summed E-state index contributed by atoms with van der Waals surface area (Å²) in [5.74, 6) is 0.845. The maximum absolute atomic E-state index is 10.6. The van der Waals surface area contributed by atoms with Crippen molar-refractivity contribution < 1.29 is 10.2 Å². The molecule has 2 nitrogen and oxygen atoms in total. The van der Waals surface area contributed by atoms with Gasteiger partial charge in [0.15, 0.2) is 11.5 Å². The van der Waals surface area contributed by atoms with Crippen molar-refractivity contribution in [2.24, 2.45) is 11.8 Å². The molecule has 2 rings (SSSR count). The highest BCUT2D eigenvalue weighted by Crippen LogP contribution is 2.45. The Morgan fingerprint density at radius 3 is 2.57 bits per heavy atom. The zero-order chi connectivity index (χ0) is 17.0. The Hall–Kier alpha value is -1.70. The summed E-state index contributed by atoms with van der Waals surface area (Å²) in [6.45, 7) is 10.5. The third kappa shape index (κ3) is 3.99. The number of unbranched alkanes of at least 4 members (excludes halogenated alkanes) is 2. The van der Waals surface area contributed by atoms with Crippen molar-refractivity contribution in [2.45, 2.75) is 59.3 Å². The van der Waals surface area contributed by atoms with Gasteiger partial charge in [-0.3, -0.25) is 0 Å². The fourth-order valence-electron chi connectivity index (χ4n) is 3.50. The van der Waals surface area contributed by atoms with Gasteiger partial charge in [-0.25, -0.2) is 0 Å². The highest BCUT2D eigenvalue weighted by atomic mass is 16.3. The van der Waals surface area contributed by atoms with Gasteiger partial charge in [0.2, 0.25) is 0 Å². The van der Waals surface area contributed by atoms with Gasteiger partial charge in [-0.2, -0.15) is 0 Å². The van der Waals surface area contributed by atoms with E-state index in [0.717, 1.165) is 60.8 Å². The molecule has 0 spiro atoms. The molecule has 0 aromatic heterocycles. The van der Waals surface area contributed by atoms with E-state index in [4.69, 9.17) is 0 Å². The van der Waals surface area contributed by atoms with Crippen LogP contribution in [0, 0.1) is 11.8 Å². The molecule has 1 aliphatic rings. The van der Waals surface area contributed by atoms with Crippen LogP contribution in [0.5, 0.6) is 11.5 Å². The molecule has 2 N–H and O–H groups in total. The molecule has 2 atom stereocenters. The van der Waals surface area contributed by atoms with E-state index in [1.54, 1.807) is 0 Å². The number of benzene rings is 1. The summed E-state index contributed by atoms with van der Waals surface area (Å²) in [5, 5.41) is 21.0. The van der Waals surface area contributed by atoms with Crippen LogP contribution >= 0.6 is 0 Å².